The van der Waals surface area contributed by atoms with Crippen molar-refractivity contribution in [1.29, 1.82) is 0 Å². The largest absolute Gasteiger partial charge is 0.356 e. The minimum Gasteiger partial charge on any atom is -0.356 e. The fraction of sp³-hybridized carbons (Fsp3) is 0.444. The zero-order valence-corrected chi connectivity index (χ0v) is 14.8. The molecule has 24 heavy (non-hydrogen) atoms. The molecular weight excluding hydrogens is 326 g/mol. The van der Waals surface area contributed by atoms with E-state index in [1.165, 1.54) is 0 Å². The quantitative estimate of drug-likeness (QED) is 0.782. The number of hydrogen-bond donors (Lipinski definition) is 1. The van der Waals surface area contributed by atoms with Gasteiger partial charge in [0.15, 0.2) is 5.76 Å². The molecule has 1 N–H and O–H groups in total. The lowest BCUT2D eigenvalue weighted by Crippen LogP contribution is -2.36. The summed E-state index contributed by atoms with van der Waals surface area (Å²) in [6.07, 6.45) is 2.57. The molecule has 3 rings (SSSR count). The zero-order chi connectivity index (χ0) is 17.2. The molecule has 0 bridgehead atoms. The lowest BCUT2D eigenvalue weighted by atomic mass is 10.0. The Morgan fingerprint density at radius 1 is 1.33 bits per heavy atom. The normalized spacial score (nSPS) is 15.5. The maximum absolute atomic E-state index is 12.5. The summed E-state index contributed by atoms with van der Waals surface area (Å²) in [4.78, 5) is 14.6. The number of nitrogens with one attached hydrogen (secondary N) is 1. The minimum atomic E-state index is -0.508. The number of benzene rings is 1. The molecule has 0 spiro atoms. The van der Waals surface area contributed by atoms with Gasteiger partial charge in [0.25, 0.3) is 0 Å². The third kappa shape index (κ3) is 3.62. The van der Waals surface area contributed by atoms with Crippen LogP contribution in [0.1, 0.15) is 25.0 Å². The second-order valence-corrected chi connectivity index (χ2v) is 7.01. The summed E-state index contributed by atoms with van der Waals surface area (Å²) in [5.74, 6) is 0.713. The number of hydrogen-bond acceptors (Lipinski definition) is 4. The van der Waals surface area contributed by atoms with Gasteiger partial charge in [-0.3, -0.25) is 4.79 Å². The number of rotatable bonds is 7. The van der Waals surface area contributed by atoms with Crippen LogP contribution in [0.4, 0.5) is 0 Å². The number of amides is 1. The van der Waals surface area contributed by atoms with Gasteiger partial charge in [-0.05, 0) is 64.2 Å². The van der Waals surface area contributed by atoms with Crippen LogP contribution < -0.4 is 5.32 Å². The van der Waals surface area contributed by atoms with Crippen LogP contribution in [0.25, 0.3) is 11.3 Å². The molecule has 6 heteroatoms. The highest BCUT2D eigenvalue weighted by atomic mass is 35.5. The fourth-order valence-electron chi connectivity index (χ4n) is 2.74. The molecule has 0 aliphatic heterocycles. The highest BCUT2D eigenvalue weighted by molar-refractivity contribution is 6.30. The molecule has 128 valence electrons. The lowest BCUT2D eigenvalue weighted by molar-refractivity contribution is -0.123. The first-order valence-corrected chi connectivity index (χ1v) is 8.55. The molecule has 0 saturated heterocycles. The molecule has 2 aromatic rings. The summed E-state index contributed by atoms with van der Waals surface area (Å²) in [6, 6.07) is 9.25. The van der Waals surface area contributed by atoms with Crippen molar-refractivity contribution < 1.29 is 9.32 Å². The van der Waals surface area contributed by atoms with Gasteiger partial charge < -0.3 is 14.7 Å². The highest BCUT2D eigenvalue weighted by Crippen LogP contribution is 2.48. The second kappa shape index (κ2) is 6.95. The van der Waals surface area contributed by atoms with E-state index >= 15 is 0 Å². The van der Waals surface area contributed by atoms with E-state index in [4.69, 9.17) is 16.1 Å². The SMILES string of the molecule is CN(C)CCCNC(=O)C1(c2cc(-c3ccc(Cl)cc3)on2)CC1. The molecule has 0 radical (unpaired) electrons. The second-order valence-electron chi connectivity index (χ2n) is 6.58. The van der Waals surface area contributed by atoms with Crippen molar-refractivity contribution in [2.45, 2.75) is 24.7 Å². The topological polar surface area (TPSA) is 58.4 Å². The molecule has 1 aromatic heterocycles. The Hall–Kier alpha value is -1.85. The molecule has 1 fully saturated rings. The number of nitrogens with zero attached hydrogens (tertiary/aromatic N) is 2. The van der Waals surface area contributed by atoms with Crippen molar-refractivity contribution in [1.82, 2.24) is 15.4 Å². The van der Waals surface area contributed by atoms with Crippen LogP contribution >= 0.6 is 11.6 Å². The minimum absolute atomic E-state index is 0.0530. The van der Waals surface area contributed by atoms with Crippen molar-refractivity contribution in [3.63, 3.8) is 0 Å². The Labute approximate surface area is 147 Å². The van der Waals surface area contributed by atoms with Crippen LogP contribution in [0.15, 0.2) is 34.9 Å². The molecule has 5 nitrogen and oxygen atoms in total. The fourth-order valence-corrected chi connectivity index (χ4v) is 2.87. The first-order valence-electron chi connectivity index (χ1n) is 8.17. The molecule has 1 amide bonds. The van der Waals surface area contributed by atoms with E-state index in [1.54, 1.807) is 0 Å². The van der Waals surface area contributed by atoms with E-state index in [1.807, 2.05) is 44.4 Å². The standard InChI is InChI=1S/C18H22ClN3O2/c1-22(2)11-3-10-20-17(23)18(8-9-18)16-12-15(24-21-16)13-4-6-14(19)7-5-13/h4-7,12H,3,8-11H2,1-2H3,(H,20,23). The van der Waals surface area contributed by atoms with Gasteiger partial charge in [-0.25, -0.2) is 0 Å². The molecule has 1 aliphatic carbocycles. The Bertz CT molecular complexity index is 705. The van der Waals surface area contributed by atoms with E-state index in [9.17, 15) is 4.79 Å². The highest BCUT2D eigenvalue weighted by Gasteiger charge is 2.53. The Morgan fingerprint density at radius 2 is 2.04 bits per heavy atom. The van der Waals surface area contributed by atoms with Crippen LogP contribution in [-0.2, 0) is 10.2 Å². The number of aromatic nitrogens is 1. The van der Waals surface area contributed by atoms with Crippen LogP contribution in [0.5, 0.6) is 0 Å². The van der Waals surface area contributed by atoms with Gasteiger partial charge in [-0.15, -0.1) is 0 Å². The third-order valence-electron chi connectivity index (χ3n) is 4.38. The Kier molecular flexibility index (Phi) is 4.92. The van der Waals surface area contributed by atoms with E-state index in [0.29, 0.717) is 17.3 Å². The van der Waals surface area contributed by atoms with Crippen molar-refractivity contribution in [3.8, 4) is 11.3 Å². The van der Waals surface area contributed by atoms with Gasteiger partial charge in [0.2, 0.25) is 5.91 Å². The predicted molar refractivity (Wildman–Crippen MR) is 94.0 cm³/mol. The van der Waals surface area contributed by atoms with Gasteiger partial charge in [-0.1, -0.05) is 16.8 Å². The summed E-state index contributed by atoms with van der Waals surface area (Å²) >= 11 is 5.91. The molecule has 0 unspecified atom stereocenters. The van der Waals surface area contributed by atoms with Crippen molar-refractivity contribution in [2.75, 3.05) is 27.2 Å². The van der Waals surface area contributed by atoms with E-state index in [0.717, 1.165) is 37.1 Å². The van der Waals surface area contributed by atoms with Crippen LogP contribution in [0.2, 0.25) is 5.02 Å². The number of carbonyl (C=O) groups is 1. The summed E-state index contributed by atoms with van der Waals surface area (Å²) in [5.41, 5.74) is 1.12. The number of halogens is 1. The van der Waals surface area contributed by atoms with Gasteiger partial charge in [0, 0.05) is 23.2 Å². The molecule has 1 aromatic carbocycles. The molecule has 1 heterocycles. The summed E-state index contributed by atoms with van der Waals surface area (Å²) in [6.45, 7) is 1.64. The first kappa shape index (κ1) is 17.0. The Morgan fingerprint density at radius 3 is 2.67 bits per heavy atom. The average Bonchev–Trinajstić information content (AvgIpc) is 3.23. The monoisotopic (exact) mass is 347 g/mol. The lowest BCUT2D eigenvalue weighted by Gasteiger charge is -2.13. The van der Waals surface area contributed by atoms with Gasteiger partial charge in [0.05, 0.1) is 11.1 Å². The molecule has 1 aliphatic rings. The molecule has 1 saturated carbocycles. The first-order chi connectivity index (χ1) is 11.5. The van der Waals surface area contributed by atoms with Gasteiger partial charge in [-0.2, -0.15) is 0 Å². The average molecular weight is 348 g/mol. The molecule has 0 atom stereocenters. The van der Waals surface area contributed by atoms with E-state index in [2.05, 4.69) is 15.4 Å². The smallest absolute Gasteiger partial charge is 0.232 e. The third-order valence-corrected chi connectivity index (χ3v) is 4.63. The zero-order valence-electron chi connectivity index (χ0n) is 14.0. The van der Waals surface area contributed by atoms with Crippen molar-refractivity contribution in [3.05, 3.63) is 41.0 Å². The molecular formula is C18H22ClN3O2. The maximum Gasteiger partial charge on any atom is 0.232 e. The van der Waals surface area contributed by atoms with Gasteiger partial charge in [0.1, 0.15) is 0 Å². The van der Waals surface area contributed by atoms with E-state index in [-0.39, 0.29) is 5.91 Å². The van der Waals surface area contributed by atoms with E-state index < -0.39 is 5.41 Å². The van der Waals surface area contributed by atoms with Gasteiger partial charge >= 0.3 is 0 Å². The summed E-state index contributed by atoms with van der Waals surface area (Å²) in [7, 11) is 4.05. The maximum atomic E-state index is 12.5. The van der Waals surface area contributed by atoms with Crippen LogP contribution in [0, 0.1) is 0 Å². The van der Waals surface area contributed by atoms with Crippen molar-refractivity contribution >= 4 is 17.5 Å². The number of carbonyl (C=O) groups excluding carboxylic acids is 1. The van der Waals surface area contributed by atoms with Crippen LogP contribution in [0.3, 0.4) is 0 Å². The summed E-state index contributed by atoms with van der Waals surface area (Å²) < 4.78 is 5.44. The summed E-state index contributed by atoms with van der Waals surface area (Å²) in [5, 5.41) is 7.86. The predicted octanol–water partition coefficient (Wildman–Crippen LogP) is 3.09. The van der Waals surface area contributed by atoms with Crippen molar-refractivity contribution in [2.24, 2.45) is 0 Å². The Balaban J connectivity index is 1.65. The van der Waals surface area contributed by atoms with Crippen LogP contribution in [-0.4, -0.2) is 43.1 Å².